The van der Waals surface area contributed by atoms with Crippen molar-refractivity contribution in [2.45, 2.75) is 32.2 Å². The number of hydrogen-bond donors (Lipinski definition) is 0. The molecule has 3 aromatic rings. The number of para-hydroxylation sites is 1. The van der Waals surface area contributed by atoms with Gasteiger partial charge in [0.05, 0.1) is 20.7 Å². The van der Waals surface area contributed by atoms with Crippen LogP contribution >= 0.6 is 34.5 Å². The largest absolute Gasteiger partial charge is 0.326 e. The SMILES string of the molecule is Cc1cccc2nc(C(C)Cl)n(CCc3ccc(Cl)s3)c12. The molecule has 0 N–H and O–H groups in total. The summed E-state index contributed by atoms with van der Waals surface area (Å²) in [5.41, 5.74) is 3.43. The Kier molecular flexibility index (Phi) is 4.25. The number of rotatable bonds is 4. The third-order valence-electron chi connectivity index (χ3n) is 3.56. The Hall–Kier alpha value is -1.03. The van der Waals surface area contributed by atoms with Crippen LogP contribution in [0.1, 0.15) is 28.6 Å². The topological polar surface area (TPSA) is 17.8 Å². The van der Waals surface area contributed by atoms with Crippen LogP contribution in [0, 0.1) is 6.92 Å². The van der Waals surface area contributed by atoms with E-state index in [4.69, 9.17) is 28.2 Å². The highest BCUT2D eigenvalue weighted by Gasteiger charge is 2.16. The van der Waals surface area contributed by atoms with Crippen molar-refractivity contribution in [1.29, 1.82) is 0 Å². The number of hydrogen-bond acceptors (Lipinski definition) is 2. The number of aromatic nitrogens is 2. The van der Waals surface area contributed by atoms with Crippen molar-refractivity contribution in [2.24, 2.45) is 0 Å². The summed E-state index contributed by atoms with van der Waals surface area (Å²) in [5.74, 6) is 0.934. The highest BCUT2D eigenvalue weighted by molar-refractivity contribution is 7.16. The number of alkyl halides is 1. The maximum atomic E-state index is 6.32. The number of halogens is 2. The number of benzene rings is 1. The van der Waals surface area contributed by atoms with Crippen molar-refractivity contribution < 1.29 is 0 Å². The number of thiophene rings is 1. The van der Waals surface area contributed by atoms with Crippen LogP contribution in [0.3, 0.4) is 0 Å². The van der Waals surface area contributed by atoms with E-state index in [0.717, 1.165) is 28.6 Å². The fraction of sp³-hybridized carbons (Fsp3) is 0.312. The van der Waals surface area contributed by atoms with Crippen LogP contribution in [0.15, 0.2) is 30.3 Å². The minimum atomic E-state index is -0.108. The average molecular weight is 339 g/mol. The van der Waals surface area contributed by atoms with Crippen molar-refractivity contribution in [2.75, 3.05) is 0 Å². The van der Waals surface area contributed by atoms with Gasteiger partial charge in [0.15, 0.2) is 0 Å². The molecule has 21 heavy (non-hydrogen) atoms. The molecule has 2 aromatic heterocycles. The van der Waals surface area contributed by atoms with E-state index in [0.29, 0.717) is 0 Å². The van der Waals surface area contributed by atoms with Crippen molar-refractivity contribution in [3.8, 4) is 0 Å². The Morgan fingerprint density at radius 2 is 2.10 bits per heavy atom. The molecular formula is C16H16Cl2N2S. The molecule has 0 spiro atoms. The molecule has 2 heterocycles. The summed E-state index contributed by atoms with van der Waals surface area (Å²) < 4.78 is 3.08. The summed E-state index contributed by atoms with van der Waals surface area (Å²) in [7, 11) is 0. The second-order valence-electron chi connectivity index (χ2n) is 5.14. The van der Waals surface area contributed by atoms with Crippen LogP contribution in [0.4, 0.5) is 0 Å². The minimum absolute atomic E-state index is 0.108. The molecule has 1 aromatic carbocycles. The van der Waals surface area contributed by atoms with Crippen molar-refractivity contribution in [3.63, 3.8) is 0 Å². The lowest BCUT2D eigenvalue weighted by molar-refractivity contribution is 0.671. The Morgan fingerprint density at radius 3 is 2.76 bits per heavy atom. The maximum absolute atomic E-state index is 6.32. The second kappa shape index (κ2) is 5.99. The number of imidazole rings is 1. The number of aryl methyl sites for hydroxylation is 3. The van der Waals surface area contributed by atoms with E-state index >= 15 is 0 Å². The lowest BCUT2D eigenvalue weighted by atomic mass is 10.2. The minimum Gasteiger partial charge on any atom is -0.326 e. The Bertz CT molecular complexity index is 774. The number of nitrogens with zero attached hydrogens (tertiary/aromatic N) is 2. The standard InChI is InChI=1S/C16H16Cl2N2S/c1-10-4-3-5-13-15(10)20(16(19-13)11(2)17)9-8-12-6-7-14(18)21-12/h3-7,11H,8-9H2,1-2H3. The summed E-state index contributed by atoms with van der Waals surface area (Å²) in [6, 6.07) is 10.2. The summed E-state index contributed by atoms with van der Waals surface area (Å²) in [4.78, 5) is 5.98. The fourth-order valence-electron chi connectivity index (χ4n) is 2.62. The Morgan fingerprint density at radius 1 is 1.29 bits per heavy atom. The molecule has 0 amide bonds. The van der Waals surface area contributed by atoms with E-state index in [9.17, 15) is 0 Å². The van der Waals surface area contributed by atoms with Crippen LogP contribution in [-0.2, 0) is 13.0 Å². The predicted molar refractivity (Wildman–Crippen MR) is 91.8 cm³/mol. The monoisotopic (exact) mass is 338 g/mol. The van der Waals surface area contributed by atoms with E-state index in [2.05, 4.69) is 23.6 Å². The molecule has 0 fully saturated rings. The lowest BCUT2D eigenvalue weighted by Crippen LogP contribution is -2.07. The smallest absolute Gasteiger partial charge is 0.127 e. The first-order valence-corrected chi connectivity index (χ1v) is 8.53. The fourth-order valence-corrected chi connectivity index (χ4v) is 3.86. The average Bonchev–Trinajstić information content (AvgIpc) is 3.01. The van der Waals surface area contributed by atoms with Gasteiger partial charge in [-0.3, -0.25) is 0 Å². The first-order valence-electron chi connectivity index (χ1n) is 6.90. The van der Waals surface area contributed by atoms with Gasteiger partial charge in [-0.05, 0) is 44.0 Å². The molecule has 0 radical (unpaired) electrons. The third-order valence-corrected chi connectivity index (χ3v) is 5.05. The molecule has 1 atom stereocenters. The third kappa shape index (κ3) is 2.96. The maximum Gasteiger partial charge on any atom is 0.127 e. The molecule has 0 bridgehead atoms. The van der Waals surface area contributed by atoms with Gasteiger partial charge in [0.2, 0.25) is 0 Å². The first kappa shape index (κ1) is 14.9. The molecule has 0 aliphatic carbocycles. The highest BCUT2D eigenvalue weighted by Crippen LogP contribution is 2.28. The first-order chi connectivity index (χ1) is 10.1. The van der Waals surface area contributed by atoms with Gasteiger partial charge in [-0.1, -0.05) is 23.7 Å². The van der Waals surface area contributed by atoms with E-state index in [1.165, 1.54) is 16.0 Å². The molecular weight excluding hydrogens is 323 g/mol. The van der Waals surface area contributed by atoms with E-state index in [1.807, 2.05) is 25.1 Å². The molecule has 2 nitrogen and oxygen atoms in total. The molecule has 3 rings (SSSR count). The Labute approximate surface area is 138 Å². The van der Waals surface area contributed by atoms with Crippen LogP contribution in [0.2, 0.25) is 4.34 Å². The zero-order chi connectivity index (χ0) is 15.0. The zero-order valence-electron chi connectivity index (χ0n) is 11.9. The molecule has 0 saturated heterocycles. The van der Waals surface area contributed by atoms with Crippen molar-refractivity contribution in [1.82, 2.24) is 9.55 Å². The van der Waals surface area contributed by atoms with Gasteiger partial charge in [0.25, 0.3) is 0 Å². The molecule has 1 unspecified atom stereocenters. The zero-order valence-corrected chi connectivity index (χ0v) is 14.3. The molecule has 110 valence electrons. The quantitative estimate of drug-likeness (QED) is 0.566. The van der Waals surface area contributed by atoms with Crippen LogP contribution < -0.4 is 0 Å². The number of fused-ring (bicyclic) bond motifs is 1. The Balaban J connectivity index is 2.00. The van der Waals surface area contributed by atoms with Gasteiger partial charge in [-0.15, -0.1) is 22.9 Å². The lowest BCUT2D eigenvalue weighted by Gasteiger charge is -2.11. The van der Waals surface area contributed by atoms with E-state index < -0.39 is 0 Å². The molecule has 0 saturated carbocycles. The van der Waals surface area contributed by atoms with Gasteiger partial charge >= 0.3 is 0 Å². The van der Waals surface area contributed by atoms with E-state index in [-0.39, 0.29) is 5.38 Å². The predicted octanol–water partition coefficient (Wildman–Crippen LogP) is 5.60. The van der Waals surface area contributed by atoms with Gasteiger partial charge < -0.3 is 4.57 Å². The molecule has 0 aliphatic rings. The van der Waals surface area contributed by atoms with Crippen molar-refractivity contribution >= 4 is 45.6 Å². The second-order valence-corrected chi connectivity index (χ2v) is 7.59. The van der Waals surface area contributed by atoms with Crippen LogP contribution in [0.25, 0.3) is 11.0 Å². The molecule has 5 heteroatoms. The highest BCUT2D eigenvalue weighted by atomic mass is 35.5. The van der Waals surface area contributed by atoms with Gasteiger partial charge in [0.1, 0.15) is 5.82 Å². The van der Waals surface area contributed by atoms with Gasteiger partial charge in [-0.25, -0.2) is 4.98 Å². The van der Waals surface area contributed by atoms with Crippen LogP contribution in [0.5, 0.6) is 0 Å². The van der Waals surface area contributed by atoms with Crippen LogP contribution in [-0.4, -0.2) is 9.55 Å². The summed E-state index contributed by atoms with van der Waals surface area (Å²) >= 11 is 13.9. The summed E-state index contributed by atoms with van der Waals surface area (Å²) in [6.07, 6.45) is 0.938. The summed E-state index contributed by atoms with van der Waals surface area (Å²) in [6.45, 7) is 4.95. The molecule has 0 aliphatic heterocycles. The van der Waals surface area contributed by atoms with Crippen molar-refractivity contribution in [3.05, 3.63) is 50.9 Å². The van der Waals surface area contributed by atoms with Gasteiger partial charge in [-0.2, -0.15) is 0 Å². The normalized spacial score (nSPS) is 13.0. The summed E-state index contributed by atoms with van der Waals surface area (Å²) in [5, 5.41) is -0.108. The van der Waals surface area contributed by atoms with E-state index in [1.54, 1.807) is 11.3 Å². The van der Waals surface area contributed by atoms with Gasteiger partial charge in [0, 0.05) is 11.4 Å².